The van der Waals surface area contributed by atoms with Gasteiger partial charge in [-0.1, -0.05) is 30.0 Å². The number of hydrogen-bond donors (Lipinski definition) is 2. The number of nitro benzene ring substituents is 1. The normalized spacial score (nSPS) is 19.0. The third-order valence-corrected chi connectivity index (χ3v) is 5.03. The minimum Gasteiger partial charge on any atom is -0.473 e. The summed E-state index contributed by atoms with van der Waals surface area (Å²) in [7, 11) is 0. The topological polar surface area (TPSA) is 138 Å². The van der Waals surface area contributed by atoms with E-state index in [0.29, 0.717) is 11.8 Å². The molecular weight excluding hydrogens is 364 g/mol. The van der Waals surface area contributed by atoms with Crippen LogP contribution in [0.15, 0.2) is 35.9 Å². The zero-order valence-electron chi connectivity index (χ0n) is 13.5. The van der Waals surface area contributed by atoms with Crippen LogP contribution in [0.2, 0.25) is 0 Å². The molecule has 0 aliphatic carbocycles. The molecule has 2 aliphatic rings. The second kappa shape index (κ2) is 8.59. The summed E-state index contributed by atoms with van der Waals surface area (Å²) in [5.74, 6) is -3.65. The predicted molar refractivity (Wildman–Crippen MR) is 92.7 cm³/mol. The molecule has 0 radical (unpaired) electrons. The Morgan fingerprint density at radius 1 is 1.27 bits per heavy atom. The Hall–Kier alpha value is -2.72. The maximum atomic E-state index is 11.4. The lowest BCUT2D eigenvalue weighted by Crippen LogP contribution is -2.35. The fraction of sp³-hybridized carbons (Fsp3) is 0.312. The zero-order chi connectivity index (χ0) is 19.3. The first kappa shape index (κ1) is 19.6. The molecule has 0 bridgehead atoms. The highest BCUT2D eigenvalue weighted by Gasteiger charge is 2.31. The molecule has 9 nitrogen and oxygen atoms in total. The minimum absolute atomic E-state index is 0.137. The van der Waals surface area contributed by atoms with Crippen LogP contribution in [0.3, 0.4) is 0 Å². The molecule has 2 heterocycles. The van der Waals surface area contributed by atoms with Crippen LogP contribution < -0.4 is 0 Å². The molecule has 1 atom stereocenters. The standard InChI is InChI=1S/C14H14N2O3S.C2H2O4/c17-14-7-11-9-15(6-5-13(11)20-14)8-10-3-1-2-4-12(10)16(18)19;3-1(4)2(5)6/h1-4,7,13H,5-6,8-9H2;(H,3,4)(H,5,6). The second-order valence-corrected chi connectivity index (χ2v) is 6.85. The van der Waals surface area contributed by atoms with Crippen molar-refractivity contribution < 1.29 is 29.5 Å². The minimum atomic E-state index is -1.82. The van der Waals surface area contributed by atoms with Crippen molar-refractivity contribution in [2.24, 2.45) is 0 Å². The lowest BCUT2D eigenvalue weighted by atomic mass is 10.0. The summed E-state index contributed by atoms with van der Waals surface area (Å²) in [4.78, 5) is 42.4. The number of fused-ring (bicyclic) bond motifs is 1. The predicted octanol–water partition coefficient (Wildman–Crippen LogP) is 1.52. The number of likely N-dealkylation sites (tertiary alicyclic amines) is 1. The molecule has 138 valence electrons. The van der Waals surface area contributed by atoms with Gasteiger partial charge in [0, 0.05) is 36.5 Å². The van der Waals surface area contributed by atoms with E-state index in [1.807, 2.05) is 6.07 Å². The maximum Gasteiger partial charge on any atom is 0.414 e. The van der Waals surface area contributed by atoms with Gasteiger partial charge >= 0.3 is 11.9 Å². The number of para-hydroxylation sites is 1. The van der Waals surface area contributed by atoms with E-state index in [1.165, 1.54) is 17.8 Å². The Balaban J connectivity index is 0.000000352. The monoisotopic (exact) mass is 380 g/mol. The summed E-state index contributed by atoms with van der Waals surface area (Å²) in [5.41, 5.74) is 2.05. The summed E-state index contributed by atoms with van der Waals surface area (Å²) in [5, 5.41) is 26.3. The number of thioether (sulfide) groups is 1. The lowest BCUT2D eigenvalue weighted by molar-refractivity contribution is -0.385. The van der Waals surface area contributed by atoms with Gasteiger partial charge in [-0.2, -0.15) is 0 Å². The highest BCUT2D eigenvalue weighted by atomic mass is 32.2. The molecule has 1 aromatic carbocycles. The number of carboxylic acids is 2. The van der Waals surface area contributed by atoms with Crippen LogP contribution in [0.5, 0.6) is 0 Å². The van der Waals surface area contributed by atoms with Crippen molar-refractivity contribution in [2.75, 3.05) is 13.1 Å². The fourth-order valence-corrected chi connectivity index (χ4v) is 3.74. The van der Waals surface area contributed by atoms with Crippen LogP contribution in [0.4, 0.5) is 5.69 Å². The van der Waals surface area contributed by atoms with E-state index in [1.54, 1.807) is 18.2 Å². The Morgan fingerprint density at radius 2 is 1.92 bits per heavy atom. The Kier molecular flexibility index (Phi) is 6.47. The van der Waals surface area contributed by atoms with E-state index < -0.39 is 11.9 Å². The van der Waals surface area contributed by atoms with Gasteiger partial charge in [-0.3, -0.25) is 19.8 Å². The number of carbonyl (C=O) groups is 3. The van der Waals surface area contributed by atoms with Crippen LogP contribution in [0, 0.1) is 10.1 Å². The summed E-state index contributed by atoms with van der Waals surface area (Å²) in [6.45, 7) is 2.16. The molecule has 10 heteroatoms. The van der Waals surface area contributed by atoms with Gasteiger partial charge in [0.1, 0.15) is 0 Å². The van der Waals surface area contributed by atoms with Crippen molar-refractivity contribution in [1.82, 2.24) is 4.90 Å². The number of nitrogens with zero attached hydrogens (tertiary/aromatic N) is 2. The van der Waals surface area contributed by atoms with Crippen LogP contribution in [-0.4, -0.2) is 55.4 Å². The Labute approximate surface area is 152 Å². The average Bonchev–Trinajstić information content (AvgIpc) is 2.95. The first-order chi connectivity index (χ1) is 12.3. The molecule has 0 amide bonds. The highest BCUT2D eigenvalue weighted by Crippen LogP contribution is 2.35. The zero-order valence-corrected chi connectivity index (χ0v) is 14.3. The van der Waals surface area contributed by atoms with Crippen LogP contribution in [-0.2, 0) is 20.9 Å². The molecule has 2 N–H and O–H groups in total. The van der Waals surface area contributed by atoms with Gasteiger partial charge in [-0.25, -0.2) is 9.59 Å². The van der Waals surface area contributed by atoms with Crippen molar-refractivity contribution in [3.63, 3.8) is 0 Å². The number of rotatable bonds is 3. The largest absolute Gasteiger partial charge is 0.473 e. The fourth-order valence-electron chi connectivity index (χ4n) is 2.72. The Morgan fingerprint density at radius 3 is 2.54 bits per heavy atom. The molecule has 0 spiro atoms. The smallest absolute Gasteiger partial charge is 0.414 e. The van der Waals surface area contributed by atoms with E-state index in [0.717, 1.165) is 30.6 Å². The third kappa shape index (κ3) is 5.14. The van der Waals surface area contributed by atoms with Gasteiger partial charge in [0.25, 0.3) is 5.69 Å². The SMILES string of the molecule is O=C(O)C(=O)O.O=C1C=C2CN(Cc3ccccc3[N+](=O)[O-])CCC2S1. The van der Waals surface area contributed by atoms with Crippen LogP contribution in [0.1, 0.15) is 12.0 Å². The van der Waals surface area contributed by atoms with Gasteiger partial charge in [-0.05, 0) is 18.1 Å². The molecule has 1 unspecified atom stereocenters. The van der Waals surface area contributed by atoms with E-state index in [4.69, 9.17) is 19.8 Å². The second-order valence-electron chi connectivity index (χ2n) is 5.64. The molecule has 1 fully saturated rings. The number of hydrogen-bond acceptors (Lipinski definition) is 7. The van der Waals surface area contributed by atoms with Gasteiger partial charge < -0.3 is 10.2 Å². The van der Waals surface area contributed by atoms with Crippen molar-refractivity contribution in [3.05, 3.63) is 51.6 Å². The summed E-state index contributed by atoms with van der Waals surface area (Å²) in [6.07, 6.45) is 2.66. The van der Waals surface area contributed by atoms with Gasteiger partial charge in [0.2, 0.25) is 5.12 Å². The van der Waals surface area contributed by atoms with E-state index in [-0.39, 0.29) is 15.7 Å². The number of carbonyl (C=O) groups excluding carboxylic acids is 1. The number of aliphatic carboxylic acids is 2. The van der Waals surface area contributed by atoms with Crippen LogP contribution in [0.25, 0.3) is 0 Å². The molecule has 1 aromatic rings. The van der Waals surface area contributed by atoms with E-state index in [9.17, 15) is 14.9 Å². The first-order valence-corrected chi connectivity index (χ1v) is 8.48. The lowest BCUT2D eigenvalue weighted by Gasteiger charge is -2.31. The summed E-state index contributed by atoms with van der Waals surface area (Å²) < 4.78 is 0. The number of carboxylic acid groups (broad SMARTS) is 2. The molecular formula is C16H16N2O7S. The third-order valence-electron chi connectivity index (χ3n) is 3.85. The molecule has 2 aliphatic heterocycles. The average molecular weight is 380 g/mol. The molecule has 26 heavy (non-hydrogen) atoms. The van der Waals surface area contributed by atoms with Crippen molar-refractivity contribution in [1.29, 1.82) is 0 Å². The number of piperidine rings is 1. The number of benzene rings is 1. The van der Waals surface area contributed by atoms with Crippen molar-refractivity contribution in [2.45, 2.75) is 18.2 Å². The van der Waals surface area contributed by atoms with Gasteiger partial charge in [-0.15, -0.1) is 0 Å². The maximum absolute atomic E-state index is 11.4. The first-order valence-electron chi connectivity index (χ1n) is 7.60. The molecule has 3 rings (SSSR count). The van der Waals surface area contributed by atoms with Crippen LogP contribution >= 0.6 is 11.8 Å². The molecule has 0 saturated carbocycles. The number of nitro groups is 1. The summed E-state index contributed by atoms with van der Waals surface area (Å²) >= 11 is 1.40. The van der Waals surface area contributed by atoms with Crippen molar-refractivity contribution in [3.8, 4) is 0 Å². The van der Waals surface area contributed by atoms with Gasteiger partial charge in [0.05, 0.1) is 4.92 Å². The molecule has 1 saturated heterocycles. The quantitative estimate of drug-likeness (QED) is 0.454. The van der Waals surface area contributed by atoms with Gasteiger partial charge in [0.15, 0.2) is 0 Å². The van der Waals surface area contributed by atoms with E-state index in [2.05, 4.69) is 4.90 Å². The van der Waals surface area contributed by atoms with Crippen molar-refractivity contribution >= 4 is 34.5 Å². The highest BCUT2D eigenvalue weighted by molar-refractivity contribution is 8.15. The summed E-state index contributed by atoms with van der Waals surface area (Å²) in [6, 6.07) is 6.84. The molecule has 0 aromatic heterocycles. The Bertz CT molecular complexity index is 766. The van der Waals surface area contributed by atoms with E-state index >= 15 is 0 Å².